The monoisotopic (exact) mass is 285 g/mol. The minimum absolute atomic E-state index is 0.336. The molecule has 0 aliphatic carbocycles. The Labute approximate surface area is 124 Å². The topological polar surface area (TPSA) is 78.9 Å². The first-order valence-corrected chi connectivity index (χ1v) is 6.69. The predicted octanol–water partition coefficient (Wildman–Crippen LogP) is 2.46. The number of hydrogen-bond donors (Lipinski definition) is 3. The van der Waals surface area contributed by atoms with E-state index in [9.17, 15) is 4.79 Å². The quantitative estimate of drug-likeness (QED) is 0.806. The SMILES string of the molecule is CNCc1ccc(NC(=O)Nc2cnc(C)cn2)c(C)c1. The highest BCUT2D eigenvalue weighted by Crippen LogP contribution is 2.16. The third-order valence-corrected chi connectivity index (χ3v) is 2.94. The van der Waals surface area contributed by atoms with Gasteiger partial charge in [-0.05, 0) is 38.1 Å². The van der Waals surface area contributed by atoms with E-state index < -0.39 is 0 Å². The second-order valence-electron chi connectivity index (χ2n) is 4.80. The lowest BCUT2D eigenvalue weighted by Gasteiger charge is -2.11. The van der Waals surface area contributed by atoms with Crippen molar-refractivity contribution in [3.8, 4) is 0 Å². The van der Waals surface area contributed by atoms with E-state index in [-0.39, 0.29) is 6.03 Å². The summed E-state index contributed by atoms with van der Waals surface area (Å²) in [5.74, 6) is 0.419. The summed E-state index contributed by atoms with van der Waals surface area (Å²) >= 11 is 0. The molecule has 2 aromatic rings. The number of carbonyl (C=O) groups is 1. The van der Waals surface area contributed by atoms with E-state index >= 15 is 0 Å². The van der Waals surface area contributed by atoms with E-state index in [0.717, 1.165) is 23.5 Å². The van der Waals surface area contributed by atoms with Crippen molar-refractivity contribution in [1.82, 2.24) is 15.3 Å². The molecule has 1 aromatic carbocycles. The van der Waals surface area contributed by atoms with Crippen molar-refractivity contribution in [2.24, 2.45) is 0 Å². The van der Waals surface area contributed by atoms with Crippen LogP contribution in [0, 0.1) is 13.8 Å². The van der Waals surface area contributed by atoms with Gasteiger partial charge in [0.15, 0.2) is 5.82 Å². The smallest absolute Gasteiger partial charge is 0.316 e. The number of amides is 2. The van der Waals surface area contributed by atoms with Gasteiger partial charge in [0.1, 0.15) is 0 Å². The highest BCUT2D eigenvalue weighted by Gasteiger charge is 2.06. The first kappa shape index (κ1) is 14.9. The molecular formula is C15H19N5O. The van der Waals surface area contributed by atoms with Crippen LogP contribution in [-0.4, -0.2) is 23.0 Å². The van der Waals surface area contributed by atoms with Crippen LogP contribution in [-0.2, 0) is 6.54 Å². The number of hydrogen-bond acceptors (Lipinski definition) is 4. The lowest BCUT2D eigenvalue weighted by atomic mass is 10.1. The zero-order chi connectivity index (χ0) is 15.2. The summed E-state index contributed by atoms with van der Waals surface area (Å²) in [4.78, 5) is 20.1. The lowest BCUT2D eigenvalue weighted by molar-refractivity contribution is 0.262. The molecule has 1 aromatic heterocycles. The Hall–Kier alpha value is -2.47. The van der Waals surface area contributed by atoms with Crippen LogP contribution in [0.25, 0.3) is 0 Å². The largest absolute Gasteiger partial charge is 0.324 e. The molecular weight excluding hydrogens is 266 g/mol. The summed E-state index contributed by atoms with van der Waals surface area (Å²) in [7, 11) is 1.90. The van der Waals surface area contributed by atoms with Crippen molar-refractivity contribution in [2.75, 3.05) is 17.7 Å². The highest BCUT2D eigenvalue weighted by molar-refractivity contribution is 5.99. The van der Waals surface area contributed by atoms with Gasteiger partial charge in [-0.15, -0.1) is 0 Å². The number of benzene rings is 1. The van der Waals surface area contributed by atoms with Crippen molar-refractivity contribution in [2.45, 2.75) is 20.4 Å². The molecule has 0 aliphatic heterocycles. The molecule has 0 bridgehead atoms. The van der Waals surface area contributed by atoms with Gasteiger partial charge >= 0.3 is 6.03 Å². The van der Waals surface area contributed by atoms with Gasteiger partial charge < -0.3 is 10.6 Å². The van der Waals surface area contributed by atoms with E-state index in [4.69, 9.17) is 0 Å². The maximum Gasteiger partial charge on any atom is 0.324 e. The predicted molar refractivity (Wildman–Crippen MR) is 83.4 cm³/mol. The summed E-state index contributed by atoms with van der Waals surface area (Å²) in [5.41, 5.74) is 3.75. The summed E-state index contributed by atoms with van der Waals surface area (Å²) in [6, 6.07) is 5.57. The molecule has 6 nitrogen and oxygen atoms in total. The Morgan fingerprint density at radius 3 is 2.57 bits per heavy atom. The molecule has 2 amide bonds. The van der Waals surface area contributed by atoms with E-state index in [2.05, 4.69) is 25.9 Å². The maximum absolute atomic E-state index is 11.9. The Kier molecular flexibility index (Phi) is 4.84. The number of nitrogens with one attached hydrogen (secondary N) is 3. The fraction of sp³-hybridized carbons (Fsp3) is 0.267. The summed E-state index contributed by atoms with van der Waals surface area (Å²) in [6.07, 6.45) is 3.13. The minimum Gasteiger partial charge on any atom is -0.316 e. The van der Waals surface area contributed by atoms with E-state index in [0.29, 0.717) is 5.82 Å². The van der Waals surface area contributed by atoms with Gasteiger partial charge in [0.2, 0.25) is 0 Å². The maximum atomic E-state index is 11.9. The molecule has 0 atom stereocenters. The van der Waals surface area contributed by atoms with Crippen LogP contribution < -0.4 is 16.0 Å². The fourth-order valence-electron chi connectivity index (χ4n) is 1.91. The van der Waals surface area contributed by atoms with Crippen LogP contribution in [0.4, 0.5) is 16.3 Å². The van der Waals surface area contributed by atoms with Gasteiger partial charge in [-0.2, -0.15) is 0 Å². The average Bonchev–Trinajstić information content (AvgIpc) is 2.45. The van der Waals surface area contributed by atoms with Crippen molar-refractivity contribution in [3.63, 3.8) is 0 Å². The number of nitrogens with zero attached hydrogens (tertiary/aromatic N) is 2. The Bertz CT molecular complexity index is 624. The first-order chi connectivity index (χ1) is 10.1. The minimum atomic E-state index is -0.336. The van der Waals surface area contributed by atoms with Crippen molar-refractivity contribution < 1.29 is 4.79 Å². The lowest BCUT2D eigenvalue weighted by Crippen LogP contribution is -2.21. The van der Waals surface area contributed by atoms with Gasteiger partial charge in [-0.3, -0.25) is 10.3 Å². The average molecular weight is 285 g/mol. The molecule has 0 saturated heterocycles. The number of carbonyl (C=O) groups excluding carboxylic acids is 1. The third kappa shape index (κ3) is 4.25. The van der Waals surface area contributed by atoms with E-state index in [1.807, 2.05) is 39.1 Å². The van der Waals surface area contributed by atoms with Crippen molar-refractivity contribution in [1.29, 1.82) is 0 Å². The number of aryl methyl sites for hydroxylation is 2. The van der Waals surface area contributed by atoms with Crippen molar-refractivity contribution in [3.05, 3.63) is 47.4 Å². The molecule has 21 heavy (non-hydrogen) atoms. The number of rotatable bonds is 4. The number of urea groups is 1. The van der Waals surface area contributed by atoms with Gasteiger partial charge in [-0.1, -0.05) is 12.1 Å². The van der Waals surface area contributed by atoms with Crippen LogP contribution in [0.3, 0.4) is 0 Å². The number of anilines is 2. The van der Waals surface area contributed by atoms with Gasteiger partial charge in [0, 0.05) is 12.2 Å². The zero-order valence-corrected chi connectivity index (χ0v) is 12.4. The van der Waals surface area contributed by atoms with Gasteiger partial charge in [0.25, 0.3) is 0 Å². The second-order valence-corrected chi connectivity index (χ2v) is 4.80. The van der Waals surface area contributed by atoms with E-state index in [1.54, 1.807) is 6.20 Å². The molecule has 0 radical (unpaired) electrons. The molecule has 0 spiro atoms. The number of aromatic nitrogens is 2. The molecule has 0 aliphatic rings. The molecule has 0 saturated carbocycles. The van der Waals surface area contributed by atoms with Gasteiger partial charge in [-0.25, -0.2) is 9.78 Å². The third-order valence-electron chi connectivity index (χ3n) is 2.94. The molecule has 2 rings (SSSR count). The Balaban J connectivity index is 2.00. The fourth-order valence-corrected chi connectivity index (χ4v) is 1.91. The summed E-state index contributed by atoms with van der Waals surface area (Å²) in [5, 5.41) is 8.55. The molecule has 0 fully saturated rings. The molecule has 3 N–H and O–H groups in total. The Morgan fingerprint density at radius 1 is 1.14 bits per heavy atom. The van der Waals surface area contributed by atoms with Crippen LogP contribution >= 0.6 is 0 Å². The highest BCUT2D eigenvalue weighted by atomic mass is 16.2. The summed E-state index contributed by atoms with van der Waals surface area (Å²) in [6.45, 7) is 4.60. The van der Waals surface area contributed by atoms with Crippen LogP contribution in [0.2, 0.25) is 0 Å². The van der Waals surface area contributed by atoms with Crippen LogP contribution in [0.5, 0.6) is 0 Å². The molecule has 110 valence electrons. The summed E-state index contributed by atoms with van der Waals surface area (Å²) < 4.78 is 0. The normalized spacial score (nSPS) is 10.2. The molecule has 1 heterocycles. The second kappa shape index (κ2) is 6.81. The first-order valence-electron chi connectivity index (χ1n) is 6.69. The van der Waals surface area contributed by atoms with Crippen LogP contribution in [0.15, 0.2) is 30.6 Å². The zero-order valence-electron chi connectivity index (χ0n) is 12.4. The van der Waals surface area contributed by atoms with E-state index in [1.165, 1.54) is 11.8 Å². The van der Waals surface area contributed by atoms with Gasteiger partial charge in [0.05, 0.1) is 18.1 Å². The Morgan fingerprint density at radius 2 is 1.95 bits per heavy atom. The molecule has 0 unspecified atom stereocenters. The van der Waals surface area contributed by atoms with Crippen LogP contribution in [0.1, 0.15) is 16.8 Å². The molecule has 6 heteroatoms. The van der Waals surface area contributed by atoms with Crippen molar-refractivity contribution >= 4 is 17.5 Å². The standard InChI is InChI=1S/C15H19N5O/c1-10-6-12(8-16-3)4-5-13(10)19-15(21)20-14-9-17-11(2)7-18-14/h4-7,9,16H,8H2,1-3H3,(H2,18,19,20,21).